The van der Waals surface area contributed by atoms with Crippen LogP contribution in [0.1, 0.15) is 31.0 Å². The van der Waals surface area contributed by atoms with Crippen molar-refractivity contribution in [3.05, 3.63) is 59.7 Å². The predicted octanol–water partition coefficient (Wildman–Crippen LogP) is 2.91. The normalized spacial score (nSPS) is 12.4. The third kappa shape index (κ3) is 5.60. The number of hydrogen-bond acceptors (Lipinski definition) is 4. The zero-order valence-corrected chi connectivity index (χ0v) is 15.5. The lowest BCUT2D eigenvalue weighted by Crippen LogP contribution is -2.31. The smallest absolute Gasteiger partial charge is 0.258 e. The molecule has 2 aromatic carbocycles. The second kappa shape index (κ2) is 8.16. The summed E-state index contributed by atoms with van der Waals surface area (Å²) in [6, 6.07) is 13.9. The van der Waals surface area contributed by atoms with Gasteiger partial charge < -0.3 is 10.1 Å². The predicted molar refractivity (Wildman–Crippen MR) is 97.4 cm³/mol. The highest BCUT2D eigenvalue weighted by Crippen LogP contribution is 2.17. The fourth-order valence-corrected chi connectivity index (χ4v) is 3.00. The van der Waals surface area contributed by atoms with Gasteiger partial charge in [-0.05, 0) is 48.7 Å². The van der Waals surface area contributed by atoms with E-state index in [9.17, 15) is 13.2 Å². The quantitative estimate of drug-likeness (QED) is 0.823. The van der Waals surface area contributed by atoms with Crippen LogP contribution in [0.5, 0.6) is 5.75 Å². The van der Waals surface area contributed by atoms with Gasteiger partial charge in [0.25, 0.3) is 5.91 Å². The van der Waals surface area contributed by atoms with Crippen molar-refractivity contribution in [2.45, 2.75) is 31.2 Å². The topological polar surface area (TPSA) is 72.5 Å². The van der Waals surface area contributed by atoms with Gasteiger partial charge in [-0.25, -0.2) is 8.42 Å². The van der Waals surface area contributed by atoms with Crippen molar-refractivity contribution in [2.24, 2.45) is 0 Å². The van der Waals surface area contributed by atoms with Gasteiger partial charge in [0.15, 0.2) is 16.4 Å². The van der Waals surface area contributed by atoms with Crippen molar-refractivity contribution in [3.63, 3.8) is 0 Å². The maximum Gasteiger partial charge on any atom is 0.258 e. The summed E-state index contributed by atoms with van der Waals surface area (Å²) in [4.78, 5) is 12.3. The molecule has 0 spiro atoms. The van der Waals surface area contributed by atoms with Crippen molar-refractivity contribution in [1.29, 1.82) is 0 Å². The Morgan fingerprint density at radius 3 is 2.44 bits per heavy atom. The second-order valence-corrected chi connectivity index (χ2v) is 7.94. The van der Waals surface area contributed by atoms with E-state index < -0.39 is 9.84 Å². The molecule has 0 heterocycles. The van der Waals surface area contributed by atoms with Gasteiger partial charge in [-0.2, -0.15) is 0 Å². The Morgan fingerprint density at radius 1 is 1.16 bits per heavy atom. The van der Waals surface area contributed by atoms with Gasteiger partial charge in [0.2, 0.25) is 0 Å². The van der Waals surface area contributed by atoms with Crippen LogP contribution in [-0.2, 0) is 21.1 Å². The minimum atomic E-state index is -3.22. The number of amides is 1. The Hall–Kier alpha value is -2.34. The first-order chi connectivity index (χ1) is 11.8. The maximum atomic E-state index is 12.0. The summed E-state index contributed by atoms with van der Waals surface area (Å²) in [5, 5.41) is 2.84. The summed E-state index contributed by atoms with van der Waals surface area (Å²) in [7, 11) is -3.22. The first kappa shape index (κ1) is 19.0. The van der Waals surface area contributed by atoms with E-state index in [0.29, 0.717) is 5.75 Å². The summed E-state index contributed by atoms with van der Waals surface area (Å²) in [6.07, 6.45) is 2.07. The molecule has 25 heavy (non-hydrogen) atoms. The third-order valence-electron chi connectivity index (χ3n) is 3.86. The zero-order chi connectivity index (χ0) is 18.4. The molecule has 1 N–H and O–H groups in total. The molecule has 1 unspecified atom stereocenters. The van der Waals surface area contributed by atoms with Crippen LogP contribution < -0.4 is 10.1 Å². The Kier molecular flexibility index (Phi) is 6.20. The molecule has 1 amide bonds. The lowest BCUT2D eigenvalue weighted by molar-refractivity contribution is -0.123. The van der Waals surface area contributed by atoms with E-state index in [1.165, 1.54) is 0 Å². The monoisotopic (exact) mass is 361 g/mol. The minimum absolute atomic E-state index is 0.0705. The van der Waals surface area contributed by atoms with Crippen LogP contribution in [0, 0.1) is 0 Å². The van der Waals surface area contributed by atoms with Crippen molar-refractivity contribution >= 4 is 15.7 Å². The number of carbonyl (C=O) groups excluding carboxylic acids is 1. The molecule has 0 aliphatic rings. The lowest BCUT2D eigenvalue weighted by atomic mass is 10.1. The van der Waals surface area contributed by atoms with Crippen LogP contribution in [0.3, 0.4) is 0 Å². The Balaban J connectivity index is 1.91. The summed E-state index contributed by atoms with van der Waals surface area (Å²) in [5.74, 6) is 0.432. The van der Waals surface area contributed by atoms with Gasteiger partial charge in [-0.3, -0.25) is 4.79 Å². The van der Waals surface area contributed by atoms with Gasteiger partial charge in [-0.1, -0.05) is 31.2 Å². The Bertz CT molecular complexity index is 829. The summed E-state index contributed by atoms with van der Waals surface area (Å²) in [5.41, 5.74) is 1.98. The molecular weight excluding hydrogens is 338 g/mol. The highest BCUT2D eigenvalue weighted by atomic mass is 32.2. The van der Waals surface area contributed by atoms with Gasteiger partial charge in [-0.15, -0.1) is 0 Å². The van der Waals surface area contributed by atoms with Crippen LogP contribution in [0.25, 0.3) is 0 Å². The van der Waals surface area contributed by atoms with Gasteiger partial charge in [0, 0.05) is 6.26 Å². The van der Waals surface area contributed by atoms with Crippen molar-refractivity contribution in [1.82, 2.24) is 5.32 Å². The van der Waals surface area contributed by atoms with Gasteiger partial charge in [0.1, 0.15) is 5.75 Å². The fourth-order valence-electron chi connectivity index (χ4n) is 2.37. The second-order valence-electron chi connectivity index (χ2n) is 5.92. The molecule has 0 radical (unpaired) electrons. The van der Waals surface area contributed by atoms with E-state index >= 15 is 0 Å². The lowest BCUT2D eigenvalue weighted by Gasteiger charge is -2.15. The molecule has 5 nitrogen and oxygen atoms in total. The van der Waals surface area contributed by atoms with Crippen molar-refractivity contribution in [2.75, 3.05) is 12.9 Å². The average Bonchev–Trinajstić information content (AvgIpc) is 2.59. The highest BCUT2D eigenvalue weighted by molar-refractivity contribution is 7.90. The number of carbonyl (C=O) groups is 1. The molecule has 0 aliphatic carbocycles. The first-order valence-corrected chi connectivity index (χ1v) is 10.00. The highest BCUT2D eigenvalue weighted by Gasteiger charge is 2.12. The molecule has 0 aliphatic heterocycles. The summed E-state index contributed by atoms with van der Waals surface area (Å²) in [6.45, 7) is 3.83. The molecule has 0 fully saturated rings. The number of benzene rings is 2. The number of rotatable bonds is 7. The number of nitrogens with one attached hydrogen (secondary N) is 1. The molecule has 6 heteroatoms. The number of aryl methyl sites for hydroxylation is 1. The molecule has 0 aromatic heterocycles. The zero-order valence-electron chi connectivity index (χ0n) is 14.7. The SMILES string of the molecule is CCc1cccc(OCC(=O)NC(C)c2ccc(S(C)(=O)=O)cc2)c1. The molecular formula is C19H23NO4S. The van der Waals surface area contributed by atoms with Gasteiger partial charge >= 0.3 is 0 Å². The molecule has 2 aromatic rings. The van der Waals surface area contributed by atoms with E-state index in [1.54, 1.807) is 24.3 Å². The molecule has 0 saturated heterocycles. The largest absolute Gasteiger partial charge is 0.484 e. The van der Waals surface area contributed by atoms with E-state index in [1.807, 2.05) is 31.2 Å². The Morgan fingerprint density at radius 2 is 1.84 bits per heavy atom. The van der Waals surface area contributed by atoms with Crippen molar-refractivity contribution < 1.29 is 17.9 Å². The van der Waals surface area contributed by atoms with Gasteiger partial charge in [0.05, 0.1) is 10.9 Å². The standard InChI is InChI=1S/C19H23NO4S/c1-4-15-6-5-7-17(12-15)24-13-19(21)20-14(2)16-8-10-18(11-9-16)25(3,22)23/h5-12,14H,4,13H2,1-3H3,(H,20,21). The van der Waals surface area contributed by atoms with Crippen LogP contribution in [0.4, 0.5) is 0 Å². The minimum Gasteiger partial charge on any atom is -0.484 e. The molecule has 134 valence electrons. The summed E-state index contributed by atoms with van der Waals surface area (Å²) >= 11 is 0. The van der Waals surface area contributed by atoms with E-state index in [2.05, 4.69) is 12.2 Å². The van der Waals surface area contributed by atoms with E-state index in [-0.39, 0.29) is 23.5 Å². The third-order valence-corrected chi connectivity index (χ3v) is 4.99. The molecule has 2 rings (SSSR count). The number of sulfone groups is 1. The number of ether oxygens (including phenoxy) is 1. The summed E-state index contributed by atoms with van der Waals surface area (Å²) < 4.78 is 28.5. The van der Waals surface area contributed by atoms with Crippen molar-refractivity contribution in [3.8, 4) is 5.75 Å². The molecule has 1 atom stereocenters. The van der Waals surface area contributed by atoms with E-state index in [4.69, 9.17) is 4.74 Å². The van der Waals surface area contributed by atoms with E-state index in [0.717, 1.165) is 23.8 Å². The molecule has 0 bridgehead atoms. The Labute approximate surface area is 148 Å². The first-order valence-electron chi connectivity index (χ1n) is 8.10. The maximum absolute atomic E-state index is 12.0. The average molecular weight is 361 g/mol. The molecule has 0 saturated carbocycles. The van der Waals surface area contributed by atoms with Crippen LogP contribution >= 0.6 is 0 Å². The number of hydrogen-bond donors (Lipinski definition) is 1. The fraction of sp³-hybridized carbons (Fsp3) is 0.316. The van der Waals surface area contributed by atoms with Crippen LogP contribution in [0.2, 0.25) is 0 Å². The van der Waals surface area contributed by atoms with Crippen LogP contribution in [0.15, 0.2) is 53.4 Å². The van der Waals surface area contributed by atoms with Crippen LogP contribution in [-0.4, -0.2) is 27.2 Å².